The van der Waals surface area contributed by atoms with Crippen LogP contribution in [-0.4, -0.2) is 9.55 Å². The van der Waals surface area contributed by atoms with Gasteiger partial charge in [0.05, 0.1) is 6.04 Å². The first-order chi connectivity index (χ1) is 7.66. The van der Waals surface area contributed by atoms with Gasteiger partial charge in [-0.3, -0.25) is 0 Å². The highest BCUT2D eigenvalue weighted by molar-refractivity contribution is 5.32. The molecule has 1 atom stereocenters. The molecule has 1 aromatic heterocycles. The van der Waals surface area contributed by atoms with Crippen LogP contribution in [0.3, 0.4) is 0 Å². The molecular formula is C12H14FN3. The zero-order valence-corrected chi connectivity index (χ0v) is 9.31. The molecular weight excluding hydrogens is 205 g/mol. The third-order valence-electron chi connectivity index (χ3n) is 2.54. The summed E-state index contributed by atoms with van der Waals surface area (Å²) in [6.07, 6.45) is 3.61. The number of anilines is 1. The van der Waals surface area contributed by atoms with Crippen molar-refractivity contribution in [3.05, 3.63) is 48.0 Å². The van der Waals surface area contributed by atoms with Crippen LogP contribution in [0.5, 0.6) is 0 Å². The van der Waals surface area contributed by atoms with E-state index in [1.165, 1.54) is 12.1 Å². The smallest absolute Gasteiger partial charge is 0.202 e. The summed E-state index contributed by atoms with van der Waals surface area (Å²) in [5, 5.41) is 3.26. The first-order valence-corrected chi connectivity index (χ1v) is 5.16. The van der Waals surface area contributed by atoms with Crippen molar-refractivity contribution in [3.8, 4) is 0 Å². The third-order valence-corrected chi connectivity index (χ3v) is 2.54. The summed E-state index contributed by atoms with van der Waals surface area (Å²) in [6.45, 7) is 2.02. The van der Waals surface area contributed by atoms with Crippen molar-refractivity contribution in [1.82, 2.24) is 9.55 Å². The molecule has 0 saturated heterocycles. The minimum atomic E-state index is -0.215. The van der Waals surface area contributed by atoms with Gasteiger partial charge in [-0.15, -0.1) is 0 Å². The number of benzene rings is 1. The Labute approximate surface area is 93.9 Å². The largest absolute Gasteiger partial charge is 0.349 e. The number of nitrogens with zero attached hydrogens (tertiary/aromatic N) is 2. The van der Waals surface area contributed by atoms with E-state index in [9.17, 15) is 4.39 Å². The molecule has 2 aromatic rings. The Balaban J connectivity index is 2.11. The van der Waals surface area contributed by atoms with Crippen LogP contribution in [0.4, 0.5) is 10.3 Å². The molecule has 4 heteroatoms. The highest BCUT2D eigenvalue weighted by Crippen LogP contribution is 2.17. The fourth-order valence-electron chi connectivity index (χ4n) is 1.53. The number of aryl methyl sites for hydroxylation is 1. The molecule has 0 aliphatic carbocycles. The summed E-state index contributed by atoms with van der Waals surface area (Å²) in [7, 11) is 1.92. The molecule has 1 aromatic carbocycles. The van der Waals surface area contributed by atoms with Crippen molar-refractivity contribution in [2.75, 3.05) is 5.32 Å². The minimum absolute atomic E-state index is 0.0988. The highest BCUT2D eigenvalue weighted by atomic mass is 19.1. The van der Waals surface area contributed by atoms with Crippen LogP contribution in [0.15, 0.2) is 36.7 Å². The molecule has 3 nitrogen and oxygen atoms in total. The average molecular weight is 219 g/mol. The van der Waals surface area contributed by atoms with Gasteiger partial charge in [0.2, 0.25) is 5.95 Å². The zero-order chi connectivity index (χ0) is 11.5. The summed E-state index contributed by atoms with van der Waals surface area (Å²) >= 11 is 0. The monoisotopic (exact) mass is 219 g/mol. The van der Waals surface area contributed by atoms with Crippen LogP contribution >= 0.6 is 0 Å². The Bertz CT molecular complexity index is 461. The maximum absolute atomic E-state index is 12.8. The van der Waals surface area contributed by atoms with Crippen LogP contribution in [0, 0.1) is 5.82 Å². The normalized spacial score (nSPS) is 12.4. The topological polar surface area (TPSA) is 29.9 Å². The van der Waals surface area contributed by atoms with Crippen molar-refractivity contribution < 1.29 is 4.39 Å². The summed E-state index contributed by atoms with van der Waals surface area (Å²) in [5.74, 6) is 0.588. The van der Waals surface area contributed by atoms with Crippen molar-refractivity contribution in [2.24, 2.45) is 7.05 Å². The molecule has 1 heterocycles. The number of hydrogen-bond donors (Lipinski definition) is 1. The van der Waals surface area contributed by atoms with E-state index in [4.69, 9.17) is 0 Å². The molecule has 0 fully saturated rings. The number of halogens is 1. The average Bonchev–Trinajstić information content (AvgIpc) is 2.65. The first kappa shape index (κ1) is 10.7. The van der Waals surface area contributed by atoms with Gasteiger partial charge >= 0.3 is 0 Å². The Morgan fingerprint density at radius 1 is 1.31 bits per heavy atom. The zero-order valence-electron chi connectivity index (χ0n) is 9.31. The Kier molecular flexibility index (Phi) is 2.90. The standard InChI is InChI=1S/C12H14FN3/c1-9(10-3-5-11(13)6-4-10)15-12-14-7-8-16(12)2/h3-9H,1-2H3,(H,14,15). The van der Waals surface area contributed by atoms with E-state index in [-0.39, 0.29) is 11.9 Å². The molecule has 2 rings (SSSR count). The van der Waals surface area contributed by atoms with Gasteiger partial charge < -0.3 is 9.88 Å². The van der Waals surface area contributed by atoms with Gasteiger partial charge in [0.25, 0.3) is 0 Å². The molecule has 84 valence electrons. The van der Waals surface area contributed by atoms with E-state index in [1.807, 2.05) is 24.7 Å². The molecule has 0 aliphatic heterocycles. The van der Waals surface area contributed by atoms with Gasteiger partial charge in [-0.05, 0) is 24.6 Å². The Morgan fingerprint density at radius 2 is 2.00 bits per heavy atom. The number of rotatable bonds is 3. The second-order valence-electron chi connectivity index (χ2n) is 3.78. The van der Waals surface area contributed by atoms with Crippen molar-refractivity contribution in [1.29, 1.82) is 0 Å². The van der Waals surface area contributed by atoms with E-state index in [1.54, 1.807) is 18.3 Å². The van der Waals surface area contributed by atoms with Gasteiger partial charge in [0.15, 0.2) is 0 Å². The van der Waals surface area contributed by atoms with Gasteiger partial charge in [-0.2, -0.15) is 0 Å². The van der Waals surface area contributed by atoms with Crippen LogP contribution in [-0.2, 0) is 7.05 Å². The molecule has 16 heavy (non-hydrogen) atoms. The van der Waals surface area contributed by atoms with E-state index >= 15 is 0 Å². The van der Waals surface area contributed by atoms with Gasteiger partial charge in [0.1, 0.15) is 5.82 Å². The van der Waals surface area contributed by atoms with E-state index in [2.05, 4.69) is 10.3 Å². The minimum Gasteiger partial charge on any atom is -0.349 e. The summed E-state index contributed by atoms with van der Waals surface area (Å²) in [5.41, 5.74) is 1.03. The maximum atomic E-state index is 12.8. The number of nitrogens with one attached hydrogen (secondary N) is 1. The Morgan fingerprint density at radius 3 is 2.56 bits per heavy atom. The lowest BCUT2D eigenvalue weighted by Crippen LogP contribution is -2.10. The lowest BCUT2D eigenvalue weighted by molar-refractivity contribution is 0.626. The van der Waals surface area contributed by atoms with E-state index in [0.29, 0.717) is 0 Å². The van der Waals surface area contributed by atoms with Crippen LogP contribution in [0.25, 0.3) is 0 Å². The van der Waals surface area contributed by atoms with Crippen LogP contribution in [0.2, 0.25) is 0 Å². The second-order valence-corrected chi connectivity index (χ2v) is 3.78. The van der Waals surface area contributed by atoms with Crippen molar-refractivity contribution >= 4 is 5.95 Å². The number of hydrogen-bond acceptors (Lipinski definition) is 2. The van der Waals surface area contributed by atoms with E-state index in [0.717, 1.165) is 11.5 Å². The summed E-state index contributed by atoms with van der Waals surface area (Å²) < 4.78 is 14.7. The quantitative estimate of drug-likeness (QED) is 0.860. The molecule has 0 aliphatic rings. The van der Waals surface area contributed by atoms with Crippen molar-refractivity contribution in [3.63, 3.8) is 0 Å². The third kappa shape index (κ3) is 2.21. The molecule has 0 radical (unpaired) electrons. The fraction of sp³-hybridized carbons (Fsp3) is 0.250. The van der Waals surface area contributed by atoms with Gasteiger partial charge in [-0.25, -0.2) is 9.37 Å². The molecule has 0 saturated carbocycles. The van der Waals surface area contributed by atoms with Crippen LogP contribution in [0.1, 0.15) is 18.5 Å². The fourth-order valence-corrected chi connectivity index (χ4v) is 1.53. The van der Waals surface area contributed by atoms with E-state index < -0.39 is 0 Å². The first-order valence-electron chi connectivity index (χ1n) is 5.16. The predicted octanol–water partition coefficient (Wildman–Crippen LogP) is 2.73. The van der Waals surface area contributed by atoms with Crippen molar-refractivity contribution in [2.45, 2.75) is 13.0 Å². The lowest BCUT2D eigenvalue weighted by atomic mass is 10.1. The molecule has 0 amide bonds. The predicted molar refractivity (Wildman–Crippen MR) is 61.6 cm³/mol. The van der Waals surface area contributed by atoms with Crippen LogP contribution < -0.4 is 5.32 Å². The molecule has 1 N–H and O–H groups in total. The lowest BCUT2D eigenvalue weighted by Gasteiger charge is -2.14. The van der Waals surface area contributed by atoms with Gasteiger partial charge in [0, 0.05) is 19.4 Å². The summed E-state index contributed by atoms with van der Waals surface area (Å²) in [6, 6.07) is 6.57. The molecule has 0 spiro atoms. The molecule has 1 unspecified atom stereocenters. The highest BCUT2D eigenvalue weighted by Gasteiger charge is 2.07. The number of imidazole rings is 1. The molecule has 0 bridgehead atoms. The second kappa shape index (κ2) is 4.35. The summed E-state index contributed by atoms with van der Waals surface area (Å²) in [4.78, 5) is 4.18. The maximum Gasteiger partial charge on any atom is 0.202 e. The number of aromatic nitrogens is 2. The van der Waals surface area contributed by atoms with Gasteiger partial charge in [-0.1, -0.05) is 12.1 Å². The SMILES string of the molecule is CC(Nc1nccn1C)c1ccc(F)cc1. The Hall–Kier alpha value is -1.84.